The second kappa shape index (κ2) is 6.69. The van der Waals surface area contributed by atoms with Crippen molar-refractivity contribution in [3.8, 4) is 0 Å². The lowest BCUT2D eigenvalue weighted by atomic mass is 9.97. The molecule has 1 aliphatic carbocycles. The zero-order valence-corrected chi connectivity index (χ0v) is 12.3. The highest BCUT2D eigenvalue weighted by Gasteiger charge is 2.25. The summed E-state index contributed by atoms with van der Waals surface area (Å²) >= 11 is 1.82. The average Bonchev–Trinajstić information content (AvgIpc) is 2.83. The molecule has 2 nitrogen and oxygen atoms in total. The van der Waals surface area contributed by atoms with E-state index in [1.165, 1.54) is 41.9 Å². The van der Waals surface area contributed by atoms with E-state index in [4.69, 9.17) is 10.5 Å². The summed E-state index contributed by atoms with van der Waals surface area (Å²) in [6.45, 7) is 4.28. The summed E-state index contributed by atoms with van der Waals surface area (Å²) in [4.78, 5) is 2.64. The normalized spacial score (nSPS) is 20.8. The van der Waals surface area contributed by atoms with Gasteiger partial charge in [-0.25, -0.2) is 0 Å². The Hall–Kier alpha value is -0.380. The Bertz CT molecular complexity index is 357. The Kier molecular flexibility index (Phi) is 5.22. The van der Waals surface area contributed by atoms with Gasteiger partial charge in [-0.05, 0) is 38.3 Å². The van der Waals surface area contributed by atoms with Gasteiger partial charge in [0.1, 0.15) is 6.10 Å². The van der Waals surface area contributed by atoms with Crippen LogP contribution in [0.5, 0.6) is 0 Å². The molecule has 1 heterocycles. The van der Waals surface area contributed by atoms with Crippen molar-refractivity contribution in [3.05, 3.63) is 21.9 Å². The molecule has 1 aromatic heterocycles. The van der Waals surface area contributed by atoms with Gasteiger partial charge in [-0.1, -0.05) is 26.2 Å². The molecule has 1 saturated carbocycles. The van der Waals surface area contributed by atoms with Crippen LogP contribution in [0.25, 0.3) is 0 Å². The number of nitrogens with two attached hydrogens (primary N) is 1. The molecule has 1 aromatic rings. The van der Waals surface area contributed by atoms with Crippen LogP contribution in [0, 0.1) is 6.92 Å². The number of thiophene rings is 1. The van der Waals surface area contributed by atoms with Gasteiger partial charge >= 0.3 is 0 Å². The highest BCUT2D eigenvalue weighted by atomic mass is 32.1. The maximum absolute atomic E-state index is 6.33. The van der Waals surface area contributed by atoms with Crippen molar-refractivity contribution in [1.29, 1.82) is 0 Å². The molecule has 0 bridgehead atoms. The lowest BCUT2D eigenvalue weighted by molar-refractivity contribution is -0.0419. The predicted molar refractivity (Wildman–Crippen MR) is 78.0 cm³/mol. The van der Waals surface area contributed by atoms with Crippen molar-refractivity contribution < 1.29 is 4.74 Å². The SMILES string of the molecule is CCC(N)C(OC1CCCCC1)c1ccc(C)s1. The van der Waals surface area contributed by atoms with E-state index in [9.17, 15) is 0 Å². The zero-order valence-electron chi connectivity index (χ0n) is 11.5. The standard InChI is InChI=1S/C15H25NOS/c1-3-13(16)15(14-10-9-11(2)18-14)17-12-7-5-4-6-8-12/h9-10,12-13,15H,3-8,16H2,1-2H3. The summed E-state index contributed by atoms with van der Waals surface area (Å²) in [5, 5.41) is 0. The largest absolute Gasteiger partial charge is 0.368 e. The third-order valence-corrected chi connectivity index (χ3v) is 4.86. The van der Waals surface area contributed by atoms with Crippen molar-refractivity contribution in [1.82, 2.24) is 0 Å². The van der Waals surface area contributed by atoms with E-state index in [1.807, 2.05) is 11.3 Å². The molecule has 2 rings (SSSR count). The fraction of sp³-hybridized carbons (Fsp3) is 0.733. The minimum absolute atomic E-state index is 0.0943. The highest BCUT2D eigenvalue weighted by molar-refractivity contribution is 7.12. The van der Waals surface area contributed by atoms with Crippen LogP contribution in [-0.2, 0) is 4.74 Å². The van der Waals surface area contributed by atoms with Crippen molar-refractivity contribution in [3.63, 3.8) is 0 Å². The number of ether oxygens (including phenoxy) is 1. The molecular formula is C15H25NOS. The summed E-state index contributed by atoms with van der Waals surface area (Å²) in [6, 6.07) is 4.47. The molecule has 2 N–H and O–H groups in total. The monoisotopic (exact) mass is 267 g/mol. The fourth-order valence-corrected chi connectivity index (χ4v) is 3.60. The number of hydrogen-bond donors (Lipinski definition) is 1. The second-order valence-electron chi connectivity index (χ2n) is 5.34. The molecule has 3 heteroatoms. The van der Waals surface area contributed by atoms with Crippen LogP contribution >= 0.6 is 11.3 Å². The Morgan fingerprint density at radius 3 is 2.61 bits per heavy atom. The number of rotatable bonds is 5. The Morgan fingerprint density at radius 1 is 1.33 bits per heavy atom. The Labute approximate surface area is 115 Å². The lowest BCUT2D eigenvalue weighted by Gasteiger charge is -2.30. The molecular weight excluding hydrogens is 242 g/mol. The van der Waals surface area contributed by atoms with Crippen LogP contribution in [0.15, 0.2) is 12.1 Å². The third-order valence-electron chi connectivity index (χ3n) is 3.79. The van der Waals surface area contributed by atoms with Gasteiger partial charge in [-0.3, -0.25) is 0 Å². The van der Waals surface area contributed by atoms with Gasteiger partial charge in [0.15, 0.2) is 0 Å². The van der Waals surface area contributed by atoms with Gasteiger partial charge in [0.2, 0.25) is 0 Å². The van der Waals surface area contributed by atoms with E-state index in [0.29, 0.717) is 6.10 Å². The quantitative estimate of drug-likeness (QED) is 0.868. The van der Waals surface area contributed by atoms with E-state index in [0.717, 1.165) is 6.42 Å². The van der Waals surface area contributed by atoms with E-state index >= 15 is 0 Å². The number of hydrogen-bond acceptors (Lipinski definition) is 3. The van der Waals surface area contributed by atoms with Crippen molar-refractivity contribution >= 4 is 11.3 Å². The van der Waals surface area contributed by atoms with Gasteiger partial charge in [0.25, 0.3) is 0 Å². The molecule has 0 aromatic carbocycles. The van der Waals surface area contributed by atoms with Crippen LogP contribution in [0.3, 0.4) is 0 Å². The van der Waals surface area contributed by atoms with Crippen molar-refractivity contribution in [2.75, 3.05) is 0 Å². The molecule has 0 aliphatic heterocycles. The molecule has 18 heavy (non-hydrogen) atoms. The topological polar surface area (TPSA) is 35.2 Å². The first kappa shape index (κ1) is 14.0. The lowest BCUT2D eigenvalue weighted by Crippen LogP contribution is -2.32. The summed E-state index contributed by atoms with van der Waals surface area (Å²) in [5.74, 6) is 0. The Balaban J connectivity index is 2.04. The van der Waals surface area contributed by atoms with E-state index < -0.39 is 0 Å². The maximum Gasteiger partial charge on any atom is 0.107 e. The van der Waals surface area contributed by atoms with Gasteiger partial charge < -0.3 is 10.5 Å². The van der Waals surface area contributed by atoms with Gasteiger partial charge in [-0.2, -0.15) is 0 Å². The van der Waals surface area contributed by atoms with Gasteiger partial charge in [-0.15, -0.1) is 11.3 Å². The van der Waals surface area contributed by atoms with Crippen LogP contribution < -0.4 is 5.73 Å². The minimum Gasteiger partial charge on any atom is -0.368 e. The van der Waals surface area contributed by atoms with Crippen LogP contribution in [0.1, 0.15) is 61.3 Å². The molecule has 1 aliphatic rings. The van der Waals surface area contributed by atoms with Gasteiger partial charge in [0.05, 0.1) is 6.10 Å². The Morgan fingerprint density at radius 2 is 2.06 bits per heavy atom. The highest BCUT2D eigenvalue weighted by Crippen LogP contribution is 2.32. The molecule has 0 radical (unpaired) electrons. The predicted octanol–water partition coefficient (Wildman–Crippen LogP) is 4.18. The molecule has 102 valence electrons. The first-order valence-electron chi connectivity index (χ1n) is 7.18. The van der Waals surface area contributed by atoms with Crippen molar-refractivity contribution in [2.45, 2.75) is 70.6 Å². The molecule has 0 spiro atoms. The fourth-order valence-electron chi connectivity index (χ4n) is 2.61. The summed E-state index contributed by atoms with van der Waals surface area (Å²) < 4.78 is 6.33. The van der Waals surface area contributed by atoms with Crippen LogP contribution in [-0.4, -0.2) is 12.1 Å². The first-order valence-corrected chi connectivity index (χ1v) is 7.99. The molecule has 1 fully saturated rings. The summed E-state index contributed by atoms with van der Waals surface area (Å²) in [7, 11) is 0. The van der Waals surface area contributed by atoms with E-state index in [-0.39, 0.29) is 12.1 Å². The van der Waals surface area contributed by atoms with Crippen LogP contribution in [0.2, 0.25) is 0 Å². The van der Waals surface area contributed by atoms with Crippen LogP contribution in [0.4, 0.5) is 0 Å². The molecule has 0 amide bonds. The van der Waals surface area contributed by atoms with E-state index in [1.54, 1.807) is 0 Å². The molecule has 0 saturated heterocycles. The zero-order chi connectivity index (χ0) is 13.0. The summed E-state index contributed by atoms with van der Waals surface area (Å²) in [6.07, 6.45) is 7.87. The molecule has 2 unspecified atom stereocenters. The maximum atomic E-state index is 6.33. The number of aryl methyl sites for hydroxylation is 1. The second-order valence-corrected chi connectivity index (χ2v) is 6.66. The average molecular weight is 267 g/mol. The minimum atomic E-state index is 0.0943. The van der Waals surface area contributed by atoms with Gasteiger partial charge in [0, 0.05) is 15.8 Å². The molecule has 2 atom stereocenters. The van der Waals surface area contributed by atoms with Crippen molar-refractivity contribution in [2.24, 2.45) is 5.73 Å². The summed E-state index contributed by atoms with van der Waals surface area (Å²) in [5.41, 5.74) is 6.26. The first-order chi connectivity index (χ1) is 8.70. The third kappa shape index (κ3) is 3.56. The van der Waals surface area contributed by atoms with E-state index in [2.05, 4.69) is 26.0 Å². The smallest absolute Gasteiger partial charge is 0.107 e.